The Balaban J connectivity index is 1.75. The van der Waals surface area contributed by atoms with Crippen molar-refractivity contribution in [2.24, 2.45) is 5.92 Å². The Hall–Kier alpha value is -0.870. The van der Waals surface area contributed by atoms with E-state index in [4.69, 9.17) is 4.74 Å². The molecular weight excluding hydrogens is 238 g/mol. The van der Waals surface area contributed by atoms with Gasteiger partial charge in [-0.2, -0.15) is 0 Å². The number of aryl methyl sites for hydroxylation is 1. The summed E-state index contributed by atoms with van der Waals surface area (Å²) in [6.07, 6.45) is 5.96. The molecule has 0 bridgehead atoms. The number of aromatic amines is 1. The van der Waals surface area contributed by atoms with E-state index in [2.05, 4.69) is 35.6 Å². The van der Waals surface area contributed by atoms with E-state index in [0.717, 1.165) is 32.2 Å². The molecule has 0 amide bonds. The van der Waals surface area contributed by atoms with Gasteiger partial charge >= 0.3 is 0 Å². The van der Waals surface area contributed by atoms with Gasteiger partial charge in [-0.05, 0) is 19.3 Å². The Morgan fingerprint density at radius 3 is 3.05 bits per heavy atom. The van der Waals surface area contributed by atoms with Crippen LogP contribution in [0.2, 0.25) is 0 Å². The zero-order valence-electron chi connectivity index (χ0n) is 12.5. The van der Waals surface area contributed by atoms with Crippen molar-refractivity contribution in [3.05, 3.63) is 17.7 Å². The summed E-state index contributed by atoms with van der Waals surface area (Å²) in [6.45, 7) is 10.5. The third-order valence-electron chi connectivity index (χ3n) is 3.84. The van der Waals surface area contributed by atoms with Gasteiger partial charge in [-0.3, -0.25) is 4.90 Å². The largest absolute Gasteiger partial charge is 0.376 e. The molecular formula is C15H27N3O. The van der Waals surface area contributed by atoms with E-state index in [1.165, 1.54) is 30.7 Å². The number of ether oxygens (including phenoxy) is 1. The lowest BCUT2D eigenvalue weighted by Gasteiger charge is -2.32. The van der Waals surface area contributed by atoms with Crippen molar-refractivity contribution in [1.29, 1.82) is 0 Å². The van der Waals surface area contributed by atoms with Gasteiger partial charge in [-0.15, -0.1) is 0 Å². The monoisotopic (exact) mass is 265 g/mol. The van der Waals surface area contributed by atoms with Crippen LogP contribution >= 0.6 is 0 Å². The van der Waals surface area contributed by atoms with Gasteiger partial charge in [0, 0.05) is 25.3 Å². The number of nitrogens with zero attached hydrogens (tertiary/aromatic N) is 2. The van der Waals surface area contributed by atoms with Gasteiger partial charge in [-0.25, -0.2) is 4.98 Å². The Labute approximate surface area is 116 Å². The molecule has 1 aromatic heterocycles. The summed E-state index contributed by atoms with van der Waals surface area (Å²) in [5.41, 5.74) is 2.35. The highest BCUT2D eigenvalue weighted by Gasteiger charge is 2.21. The molecule has 0 aliphatic carbocycles. The Morgan fingerprint density at radius 1 is 1.53 bits per heavy atom. The van der Waals surface area contributed by atoms with Crippen LogP contribution in [-0.2, 0) is 11.3 Å². The number of H-pyrrole nitrogens is 1. The van der Waals surface area contributed by atoms with Crippen LogP contribution in [0.5, 0.6) is 0 Å². The first kappa shape index (κ1) is 14.5. The number of aromatic nitrogens is 2. The number of imidazole rings is 1. The highest BCUT2D eigenvalue weighted by molar-refractivity contribution is 5.08. The van der Waals surface area contributed by atoms with E-state index >= 15 is 0 Å². The standard InChI is InChI=1S/C15H27N3O/c1-12(2)5-4-6-14-9-18(7-8-19-14)10-15-13(3)16-11-17-15/h11-12,14H,4-10H2,1-3H3,(H,16,17)/t14-/m1/s1. The van der Waals surface area contributed by atoms with Crippen LogP contribution in [0.25, 0.3) is 0 Å². The summed E-state index contributed by atoms with van der Waals surface area (Å²) in [5, 5.41) is 0. The second-order valence-electron chi connectivity index (χ2n) is 6.03. The number of hydrogen-bond acceptors (Lipinski definition) is 3. The topological polar surface area (TPSA) is 41.2 Å². The Morgan fingerprint density at radius 2 is 2.37 bits per heavy atom. The van der Waals surface area contributed by atoms with E-state index in [1.54, 1.807) is 6.33 Å². The second kappa shape index (κ2) is 7.06. The first-order valence-corrected chi connectivity index (χ1v) is 7.48. The first-order chi connectivity index (χ1) is 9.15. The van der Waals surface area contributed by atoms with Crippen molar-refractivity contribution >= 4 is 0 Å². The Kier molecular flexibility index (Phi) is 5.40. The van der Waals surface area contributed by atoms with E-state index in [1.807, 2.05) is 0 Å². The first-order valence-electron chi connectivity index (χ1n) is 7.48. The van der Waals surface area contributed by atoms with Crippen molar-refractivity contribution < 1.29 is 4.74 Å². The van der Waals surface area contributed by atoms with E-state index < -0.39 is 0 Å². The normalized spacial score (nSPS) is 21.2. The molecule has 2 heterocycles. The highest BCUT2D eigenvalue weighted by atomic mass is 16.5. The van der Waals surface area contributed by atoms with E-state index in [9.17, 15) is 0 Å². The lowest BCUT2D eigenvalue weighted by atomic mass is 10.0. The van der Waals surface area contributed by atoms with Crippen molar-refractivity contribution in [3.63, 3.8) is 0 Å². The van der Waals surface area contributed by atoms with Crippen molar-refractivity contribution in [1.82, 2.24) is 14.9 Å². The minimum atomic E-state index is 0.409. The molecule has 1 aromatic rings. The summed E-state index contributed by atoms with van der Waals surface area (Å²) < 4.78 is 5.87. The van der Waals surface area contributed by atoms with Crippen LogP contribution in [-0.4, -0.2) is 40.7 Å². The molecule has 0 saturated carbocycles. The zero-order chi connectivity index (χ0) is 13.7. The fourth-order valence-electron chi connectivity index (χ4n) is 2.61. The summed E-state index contributed by atoms with van der Waals surface area (Å²) in [4.78, 5) is 9.99. The van der Waals surface area contributed by atoms with Gasteiger partial charge < -0.3 is 9.72 Å². The van der Waals surface area contributed by atoms with Crippen molar-refractivity contribution in [3.8, 4) is 0 Å². The van der Waals surface area contributed by atoms with Crippen molar-refractivity contribution in [2.45, 2.75) is 52.7 Å². The van der Waals surface area contributed by atoms with Gasteiger partial charge in [0.1, 0.15) is 0 Å². The molecule has 1 saturated heterocycles. The maximum absolute atomic E-state index is 5.87. The van der Waals surface area contributed by atoms with Gasteiger partial charge in [0.05, 0.1) is 24.7 Å². The molecule has 1 fully saturated rings. The lowest BCUT2D eigenvalue weighted by Crippen LogP contribution is -2.42. The zero-order valence-corrected chi connectivity index (χ0v) is 12.5. The third kappa shape index (κ3) is 4.62. The molecule has 4 heteroatoms. The molecule has 1 aliphatic rings. The van der Waals surface area contributed by atoms with Crippen LogP contribution < -0.4 is 0 Å². The molecule has 19 heavy (non-hydrogen) atoms. The molecule has 0 radical (unpaired) electrons. The maximum Gasteiger partial charge on any atom is 0.0925 e. The van der Waals surface area contributed by atoms with Crippen LogP contribution in [0.3, 0.4) is 0 Å². The fraction of sp³-hybridized carbons (Fsp3) is 0.800. The highest BCUT2D eigenvalue weighted by Crippen LogP contribution is 2.16. The Bertz CT molecular complexity index is 375. The summed E-state index contributed by atoms with van der Waals surface area (Å²) in [7, 11) is 0. The average Bonchev–Trinajstić information content (AvgIpc) is 2.75. The third-order valence-corrected chi connectivity index (χ3v) is 3.84. The predicted molar refractivity (Wildman–Crippen MR) is 77.0 cm³/mol. The van der Waals surface area contributed by atoms with Crippen molar-refractivity contribution in [2.75, 3.05) is 19.7 Å². The second-order valence-corrected chi connectivity index (χ2v) is 6.03. The minimum absolute atomic E-state index is 0.409. The fourth-order valence-corrected chi connectivity index (χ4v) is 2.61. The SMILES string of the molecule is Cc1[nH]cnc1CN1CCO[C@H](CCCC(C)C)C1. The number of hydrogen-bond donors (Lipinski definition) is 1. The maximum atomic E-state index is 5.87. The summed E-state index contributed by atoms with van der Waals surface area (Å²) in [5.74, 6) is 0.798. The minimum Gasteiger partial charge on any atom is -0.376 e. The summed E-state index contributed by atoms with van der Waals surface area (Å²) in [6, 6.07) is 0. The van der Waals surface area contributed by atoms with Crippen LogP contribution in [0.15, 0.2) is 6.33 Å². The molecule has 108 valence electrons. The molecule has 1 aliphatic heterocycles. The molecule has 0 aromatic carbocycles. The van der Waals surface area contributed by atoms with Gasteiger partial charge in [-0.1, -0.05) is 26.7 Å². The summed E-state index contributed by atoms with van der Waals surface area (Å²) >= 11 is 0. The molecule has 2 rings (SSSR count). The van der Waals surface area contributed by atoms with Crippen LogP contribution in [0.4, 0.5) is 0 Å². The van der Waals surface area contributed by atoms with Gasteiger partial charge in [0.25, 0.3) is 0 Å². The lowest BCUT2D eigenvalue weighted by molar-refractivity contribution is -0.0364. The van der Waals surface area contributed by atoms with Crippen LogP contribution in [0, 0.1) is 12.8 Å². The van der Waals surface area contributed by atoms with E-state index in [0.29, 0.717) is 6.10 Å². The molecule has 1 N–H and O–H groups in total. The van der Waals surface area contributed by atoms with Crippen LogP contribution in [0.1, 0.15) is 44.5 Å². The quantitative estimate of drug-likeness (QED) is 0.860. The van der Waals surface area contributed by atoms with Gasteiger partial charge in [0.2, 0.25) is 0 Å². The molecule has 0 spiro atoms. The number of morpholine rings is 1. The van der Waals surface area contributed by atoms with Gasteiger partial charge in [0.15, 0.2) is 0 Å². The predicted octanol–water partition coefficient (Wildman–Crippen LogP) is 2.75. The average molecular weight is 265 g/mol. The van der Waals surface area contributed by atoms with E-state index in [-0.39, 0.29) is 0 Å². The number of nitrogens with one attached hydrogen (secondary N) is 1. The molecule has 1 atom stereocenters. The number of rotatable bonds is 6. The molecule has 0 unspecified atom stereocenters. The molecule has 4 nitrogen and oxygen atoms in total. The smallest absolute Gasteiger partial charge is 0.0925 e.